The Morgan fingerprint density at radius 2 is 1.73 bits per heavy atom. The fourth-order valence-electron chi connectivity index (χ4n) is 4.87. The van der Waals surface area contributed by atoms with Gasteiger partial charge in [-0.3, -0.25) is 0 Å². The minimum absolute atomic E-state index is 0.126. The zero-order valence-electron chi connectivity index (χ0n) is 23.8. The molecule has 0 aliphatic carbocycles. The zero-order valence-corrected chi connectivity index (χ0v) is 24.6. The summed E-state index contributed by atoms with van der Waals surface area (Å²) in [4.78, 5) is 19.2. The molecular weight excluding hydrogens is 531 g/mol. The van der Waals surface area contributed by atoms with Gasteiger partial charge < -0.3 is 19.5 Å². The Kier molecular flexibility index (Phi) is 9.06. The van der Waals surface area contributed by atoms with Crippen LogP contribution in [0.4, 0.5) is 10.1 Å². The van der Waals surface area contributed by atoms with Crippen molar-refractivity contribution in [1.29, 1.82) is 0 Å². The second-order valence-electron chi connectivity index (χ2n) is 12.1. The third-order valence-electron chi connectivity index (χ3n) is 7.17. The molecule has 214 valence electrons. The Morgan fingerprint density at radius 1 is 1.10 bits per heavy atom. The van der Waals surface area contributed by atoms with Gasteiger partial charge in [0.2, 0.25) is 0 Å². The van der Waals surface area contributed by atoms with Gasteiger partial charge in [-0.2, -0.15) is 0 Å². The molecule has 1 N–H and O–H groups in total. The molecule has 1 fully saturated rings. The lowest BCUT2D eigenvalue weighted by atomic mass is 9.82. The lowest BCUT2D eigenvalue weighted by molar-refractivity contribution is -0.160. The van der Waals surface area contributed by atoms with Gasteiger partial charge in [-0.15, -0.1) is 0 Å². The second-order valence-corrected chi connectivity index (χ2v) is 12.4. The maximum Gasteiger partial charge on any atom is 0.337 e. The molecule has 4 rings (SSSR count). The Morgan fingerprint density at radius 3 is 2.30 bits per heavy atom. The van der Waals surface area contributed by atoms with E-state index in [1.165, 1.54) is 12.1 Å². The molecule has 1 saturated heterocycles. The zero-order chi connectivity index (χ0) is 29.1. The van der Waals surface area contributed by atoms with Crippen LogP contribution in [0, 0.1) is 11.2 Å². The summed E-state index contributed by atoms with van der Waals surface area (Å²) in [6, 6.07) is 14.1. The second kappa shape index (κ2) is 12.1. The van der Waals surface area contributed by atoms with E-state index in [9.17, 15) is 14.3 Å². The summed E-state index contributed by atoms with van der Waals surface area (Å²) in [5.41, 5.74) is 3.28. The smallest absolute Gasteiger partial charge is 0.337 e. The number of rotatable bonds is 9. The van der Waals surface area contributed by atoms with Crippen LogP contribution >= 0.6 is 11.6 Å². The van der Waals surface area contributed by atoms with Crippen LogP contribution in [0.5, 0.6) is 5.75 Å². The normalized spacial score (nSPS) is 16.0. The summed E-state index contributed by atoms with van der Waals surface area (Å²) in [5.74, 6) is -0.666. The van der Waals surface area contributed by atoms with E-state index in [1.54, 1.807) is 18.3 Å². The predicted molar refractivity (Wildman–Crippen MR) is 157 cm³/mol. The van der Waals surface area contributed by atoms with E-state index in [1.807, 2.05) is 45.0 Å². The summed E-state index contributed by atoms with van der Waals surface area (Å²) in [6.45, 7) is 12.0. The average molecular weight is 569 g/mol. The Labute approximate surface area is 241 Å². The number of piperidine rings is 1. The highest BCUT2D eigenvalue weighted by molar-refractivity contribution is 6.31. The van der Waals surface area contributed by atoms with Gasteiger partial charge in [0.1, 0.15) is 16.7 Å². The molecule has 1 aliphatic heterocycles. The lowest BCUT2D eigenvalue weighted by Crippen LogP contribution is -2.39. The quantitative estimate of drug-likeness (QED) is 0.266. The molecule has 1 aromatic heterocycles. The first-order chi connectivity index (χ1) is 18.8. The fraction of sp³-hybridized carbons (Fsp3) is 0.438. The SMILES string of the molecule is CC1(C)CCN(c2c(-c3ccc(OCCc4ccc(F)cc4)cc3)cnc(Cl)c2C(OC(C)(C)C)C(=O)O)CC1. The van der Waals surface area contributed by atoms with E-state index >= 15 is 0 Å². The lowest BCUT2D eigenvalue weighted by Gasteiger charge is -2.40. The largest absolute Gasteiger partial charge is 0.493 e. The van der Waals surface area contributed by atoms with Crippen LogP contribution < -0.4 is 9.64 Å². The maximum absolute atomic E-state index is 13.2. The van der Waals surface area contributed by atoms with Crippen molar-refractivity contribution in [1.82, 2.24) is 4.98 Å². The Hall–Kier alpha value is -3.16. The van der Waals surface area contributed by atoms with Crippen molar-refractivity contribution in [2.45, 2.75) is 65.6 Å². The highest BCUT2D eigenvalue weighted by Crippen LogP contribution is 2.44. The first-order valence-electron chi connectivity index (χ1n) is 13.6. The first kappa shape index (κ1) is 29.8. The number of aromatic nitrogens is 1. The van der Waals surface area contributed by atoms with Gasteiger partial charge in [0, 0.05) is 31.3 Å². The number of aliphatic carboxylic acids is 1. The van der Waals surface area contributed by atoms with Crippen LogP contribution in [0.15, 0.2) is 54.7 Å². The monoisotopic (exact) mass is 568 g/mol. The first-order valence-corrected chi connectivity index (χ1v) is 14.0. The van der Waals surface area contributed by atoms with E-state index in [-0.39, 0.29) is 16.4 Å². The van der Waals surface area contributed by atoms with Gasteiger partial charge >= 0.3 is 5.97 Å². The highest BCUT2D eigenvalue weighted by Gasteiger charge is 2.36. The molecule has 0 spiro atoms. The van der Waals surface area contributed by atoms with Crippen LogP contribution in [-0.2, 0) is 16.0 Å². The topological polar surface area (TPSA) is 71.9 Å². The van der Waals surface area contributed by atoms with Gasteiger partial charge in [0.15, 0.2) is 6.10 Å². The summed E-state index contributed by atoms with van der Waals surface area (Å²) in [6.07, 6.45) is 3.02. The molecule has 2 heterocycles. The number of halogens is 2. The van der Waals surface area contributed by atoms with Crippen molar-refractivity contribution in [3.05, 3.63) is 76.8 Å². The molecule has 6 nitrogen and oxygen atoms in total. The maximum atomic E-state index is 13.2. The van der Waals surface area contributed by atoms with Crippen LogP contribution in [0.2, 0.25) is 5.15 Å². The molecule has 0 saturated carbocycles. The van der Waals surface area contributed by atoms with Crippen LogP contribution in [0.25, 0.3) is 11.1 Å². The van der Waals surface area contributed by atoms with Gasteiger partial charge in [-0.25, -0.2) is 14.2 Å². The number of pyridine rings is 1. The molecule has 0 amide bonds. The van der Waals surface area contributed by atoms with Crippen LogP contribution in [0.3, 0.4) is 0 Å². The van der Waals surface area contributed by atoms with Gasteiger partial charge in [-0.1, -0.05) is 49.7 Å². The van der Waals surface area contributed by atoms with Crippen LogP contribution in [0.1, 0.15) is 64.7 Å². The Balaban J connectivity index is 1.67. The summed E-state index contributed by atoms with van der Waals surface area (Å²) in [7, 11) is 0. The third-order valence-corrected chi connectivity index (χ3v) is 7.47. The van der Waals surface area contributed by atoms with Gasteiger partial charge in [0.05, 0.1) is 23.5 Å². The standard InChI is InChI=1S/C32H38ClFN2O4/c1-31(2,3)40-28(30(37)38)26-27(36-17-15-32(4,5)16-18-36)25(20-35-29(26)33)22-8-12-24(13-9-22)39-19-14-21-6-10-23(34)11-7-21/h6-13,20,28H,14-19H2,1-5H3,(H,37,38). The van der Waals surface area contributed by atoms with Crippen molar-refractivity contribution >= 4 is 23.3 Å². The molecular formula is C32H38ClFN2O4. The van der Waals surface area contributed by atoms with Gasteiger partial charge in [-0.05, 0) is 74.4 Å². The molecule has 1 aliphatic rings. The van der Waals surface area contributed by atoms with Gasteiger partial charge in [0.25, 0.3) is 0 Å². The van der Waals surface area contributed by atoms with Crippen molar-refractivity contribution in [2.75, 3.05) is 24.6 Å². The summed E-state index contributed by atoms with van der Waals surface area (Å²) >= 11 is 6.65. The molecule has 3 aromatic rings. The van der Waals surface area contributed by atoms with E-state index in [4.69, 9.17) is 21.1 Å². The van der Waals surface area contributed by atoms with Crippen molar-refractivity contribution in [3.8, 4) is 16.9 Å². The Bertz CT molecular complexity index is 1310. The molecule has 40 heavy (non-hydrogen) atoms. The van der Waals surface area contributed by atoms with Crippen molar-refractivity contribution in [3.63, 3.8) is 0 Å². The molecule has 1 unspecified atom stereocenters. The number of anilines is 1. The van der Waals surface area contributed by atoms with E-state index in [0.29, 0.717) is 24.3 Å². The number of hydrogen-bond acceptors (Lipinski definition) is 5. The number of carboxylic acid groups (broad SMARTS) is 1. The highest BCUT2D eigenvalue weighted by atomic mass is 35.5. The molecule has 8 heteroatoms. The number of carboxylic acids is 1. The molecule has 1 atom stereocenters. The number of hydrogen-bond donors (Lipinski definition) is 1. The van der Waals surface area contributed by atoms with Crippen molar-refractivity contribution < 1.29 is 23.8 Å². The fourth-order valence-corrected chi connectivity index (χ4v) is 5.11. The number of carbonyl (C=O) groups is 1. The predicted octanol–water partition coefficient (Wildman–Crippen LogP) is 7.73. The average Bonchev–Trinajstić information content (AvgIpc) is 2.88. The number of nitrogens with zero attached hydrogens (tertiary/aromatic N) is 2. The number of benzene rings is 2. The minimum Gasteiger partial charge on any atom is -0.493 e. The van der Waals surface area contributed by atoms with Crippen molar-refractivity contribution in [2.24, 2.45) is 5.41 Å². The molecule has 0 radical (unpaired) electrons. The van der Waals surface area contributed by atoms with Crippen LogP contribution in [-0.4, -0.2) is 41.4 Å². The summed E-state index contributed by atoms with van der Waals surface area (Å²) < 4.78 is 25.1. The minimum atomic E-state index is -1.28. The number of ether oxygens (including phenoxy) is 2. The molecule has 2 aromatic carbocycles. The third kappa shape index (κ3) is 7.52. The summed E-state index contributed by atoms with van der Waals surface area (Å²) in [5, 5.41) is 10.4. The van der Waals surface area contributed by atoms with E-state index in [0.717, 1.165) is 48.3 Å². The molecule has 0 bridgehead atoms. The van der Waals surface area contributed by atoms with E-state index < -0.39 is 17.7 Å². The van der Waals surface area contributed by atoms with E-state index in [2.05, 4.69) is 23.7 Å².